The molecule has 0 bridgehead atoms. The average molecular weight is 424 g/mol. The number of halogens is 3. The second-order valence-corrected chi connectivity index (χ2v) is 6.84. The maximum Gasteiger partial charge on any atom is 0.387 e. The zero-order valence-electron chi connectivity index (χ0n) is 15.7. The fourth-order valence-corrected chi connectivity index (χ4v) is 3.04. The summed E-state index contributed by atoms with van der Waals surface area (Å²) in [6.45, 7) is -1.46. The molecule has 1 aliphatic heterocycles. The molecule has 29 heavy (non-hydrogen) atoms. The molecule has 0 unspecified atom stereocenters. The molecule has 0 saturated carbocycles. The van der Waals surface area contributed by atoms with Gasteiger partial charge in [-0.25, -0.2) is 0 Å². The molecule has 0 N–H and O–H groups in total. The quantitative estimate of drug-likeness (QED) is 0.628. The topological polar surface area (TPSA) is 48.0 Å². The van der Waals surface area contributed by atoms with E-state index in [1.807, 2.05) is 0 Å². The van der Waals surface area contributed by atoms with Crippen molar-refractivity contribution in [2.45, 2.75) is 19.6 Å². The maximum atomic E-state index is 12.4. The molecule has 1 amide bonds. The number of carbonyl (C=O) groups excluding carboxylic acids is 1. The van der Waals surface area contributed by atoms with Crippen LogP contribution in [-0.2, 0) is 11.3 Å². The maximum absolute atomic E-state index is 12.4. The number of hydrogen-bond acceptors (Lipinski definition) is 4. The molecule has 2 aromatic carbocycles. The highest BCUT2D eigenvalue weighted by molar-refractivity contribution is 6.32. The van der Waals surface area contributed by atoms with Gasteiger partial charge >= 0.3 is 6.61 Å². The fraction of sp³-hybridized carbons (Fsp3) is 0.286. The van der Waals surface area contributed by atoms with Crippen molar-refractivity contribution >= 4 is 23.6 Å². The fourth-order valence-electron chi connectivity index (χ4n) is 2.77. The standard InChI is InChI=1S/C21H20ClF2NO4/c1-25(13-14-3-6-16(7-4-14)29-21(23)24)19(26)8-5-15-11-17(22)20-18(12-15)27-9-2-10-28-20/h3-8,11-12,21H,2,9-10,13H2,1H3/b8-5+. The van der Waals surface area contributed by atoms with E-state index in [-0.39, 0.29) is 11.7 Å². The minimum Gasteiger partial charge on any atom is -0.489 e. The van der Waals surface area contributed by atoms with Crippen LogP contribution in [0, 0.1) is 0 Å². The molecule has 0 fully saturated rings. The highest BCUT2D eigenvalue weighted by atomic mass is 35.5. The molecular weight excluding hydrogens is 404 g/mol. The summed E-state index contributed by atoms with van der Waals surface area (Å²) in [7, 11) is 1.65. The van der Waals surface area contributed by atoms with Gasteiger partial charge < -0.3 is 19.1 Å². The van der Waals surface area contributed by atoms with Crippen LogP contribution in [0.25, 0.3) is 6.08 Å². The molecule has 0 spiro atoms. The van der Waals surface area contributed by atoms with Crippen molar-refractivity contribution in [1.29, 1.82) is 0 Å². The number of rotatable bonds is 6. The van der Waals surface area contributed by atoms with Crippen LogP contribution in [-0.4, -0.2) is 37.7 Å². The van der Waals surface area contributed by atoms with E-state index in [9.17, 15) is 13.6 Å². The van der Waals surface area contributed by atoms with Gasteiger partial charge in [-0.05, 0) is 41.5 Å². The van der Waals surface area contributed by atoms with Crippen LogP contribution >= 0.6 is 11.6 Å². The summed E-state index contributed by atoms with van der Waals surface area (Å²) < 4.78 is 39.9. The van der Waals surface area contributed by atoms with Crippen molar-refractivity contribution in [3.63, 3.8) is 0 Å². The Kier molecular flexibility index (Phi) is 6.93. The molecule has 154 valence electrons. The van der Waals surface area contributed by atoms with E-state index in [1.165, 1.54) is 23.1 Å². The summed E-state index contributed by atoms with van der Waals surface area (Å²) in [6.07, 6.45) is 3.86. The molecule has 1 aliphatic rings. The van der Waals surface area contributed by atoms with E-state index in [4.69, 9.17) is 21.1 Å². The lowest BCUT2D eigenvalue weighted by Crippen LogP contribution is -2.24. The van der Waals surface area contributed by atoms with Crippen molar-refractivity contribution < 1.29 is 27.8 Å². The molecule has 2 aromatic rings. The number of fused-ring (bicyclic) bond motifs is 1. The Labute approximate surface area is 172 Å². The smallest absolute Gasteiger partial charge is 0.387 e. The van der Waals surface area contributed by atoms with Crippen LogP contribution in [0.3, 0.4) is 0 Å². The van der Waals surface area contributed by atoms with E-state index >= 15 is 0 Å². The Balaban J connectivity index is 1.62. The summed E-state index contributed by atoms with van der Waals surface area (Å²) in [5.74, 6) is 0.927. The zero-order valence-corrected chi connectivity index (χ0v) is 16.5. The number of nitrogens with zero attached hydrogens (tertiary/aromatic N) is 1. The molecule has 8 heteroatoms. The van der Waals surface area contributed by atoms with Crippen LogP contribution in [0.4, 0.5) is 8.78 Å². The van der Waals surface area contributed by atoms with Gasteiger partial charge in [0.2, 0.25) is 5.91 Å². The van der Waals surface area contributed by atoms with Crippen molar-refractivity contribution in [2.75, 3.05) is 20.3 Å². The zero-order chi connectivity index (χ0) is 20.8. The second-order valence-electron chi connectivity index (χ2n) is 6.43. The Morgan fingerprint density at radius 1 is 1.24 bits per heavy atom. The predicted molar refractivity (Wildman–Crippen MR) is 106 cm³/mol. The minimum atomic E-state index is -2.87. The number of alkyl halides is 2. The minimum absolute atomic E-state index is 0.0731. The normalized spacial score (nSPS) is 13.4. The average Bonchev–Trinajstić information content (AvgIpc) is 2.93. The van der Waals surface area contributed by atoms with Gasteiger partial charge in [0.1, 0.15) is 5.75 Å². The lowest BCUT2D eigenvalue weighted by atomic mass is 10.1. The largest absolute Gasteiger partial charge is 0.489 e. The first-order valence-corrected chi connectivity index (χ1v) is 9.36. The molecule has 0 radical (unpaired) electrons. The first-order chi connectivity index (χ1) is 13.9. The monoisotopic (exact) mass is 423 g/mol. The number of likely N-dealkylation sites (N-methyl/N-ethyl adjacent to an activating group) is 1. The molecule has 3 rings (SSSR count). The van der Waals surface area contributed by atoms with Gasteiger partial charge in [0.15, 0.2) is 11.5 Å². The number of amides is 1. The van der Waals surface area contributed by atoms with Crippen LogP contribution in [0.1, 0.15) is 17.5 Å². The first kappa shape index (κ1) is 20.9. The van der Waals surface area contributed by atoms with Crippen LogP contribution < -0.4 is 14.2 Å². The number of hydrogen-bond donors (Lipinski definition) is 0. The summed E-state index contributed by atoms with van der Waals surface area (Å²) in [5.41, 5.74) is 1.50. The van der Waals surface area contributed by atoms with E-state index in [0.29, 0.717) is 36.3 Å². The summed E-state index contributed by atoms with van der Waals surface area (Å²) in [5, 5.41) is 0.427. The number of carbonyl (C=O) groups is 1. The predicted octanol–water partition coefficient (Wildman–Crippen LogP) is 4.77. The summed E-state index contributed by atoms with van der Waals surface area (Å²) >= 11 is 6.26. The third-order valence-electron chi connectivity index (χ3n) is 4.19. The van der Waals surface area contributed by atoms with E-state index in [0.717, 1.165) is 17.5 Å². The molecule has 5 nitrogen and oxygen atoms in total. The van der Waals surface area contributed by atoms with Crippen molar-refractivity contribution in [3.05, 3.63) is 58.6 Å². The Bertz CT molecular complexity index is 887. The third kappa shape index (κ3) is 5.84. The summed E-state index contributed by atoms with van der Waals surface area (Å²) in [6, 6.07) is 9.63. The Morgan fingerprint density at radius 2 is 1.97 bits per heavy atom. The lowest BCUT2D eigenvalue weighted by molar-refractivity contribution is -0.125. The van der Waals surface area contributed by atoms with Crippen molar-refractivity contribution in [3.8, 4) is 17.2 Å². The van der Waals surface area contributed by atoms with Crippen LogP contribution in [0.5, 0.6) is 17.2 Å². The third-order valence-corrected chi connectivity index (χ3v) is 4.47. The van der Waals surface area contributed by atoms with E-state index in [2.05, 4.69) is 4.74 Å². The van der Waals surface area contributed by atoms with E-state index < -0.39 is 6.61 Å². The molecule has 0 aliphatic carbocycles. The summed E-state index contributed by atoms with van der Waals surface area (Å²) in [4.78, 5) is 13.9. The highest BCUT2D eigenvalue weighted by Gasteiger charge is 2.15. The van der Waals surface area contributed by atoms with Gasteiger partial charge in [-0.3, -0.25) is 4.79 Å². The van der Waals surface area contributed by atoms with Gasteiger partial charge in [0.25, 0.3) is 0 Å². The molecule has 0 saturated heterocycles. The first-order valence-electron chi connectivity index (χ1n) is 8.98. The molecule has 0 atom stereocenters. The second kappa shape index (κ2) is 9.60. The van der Waals surface area contributed by atoms with Gasteiger partial charge in [-0.2, -0.15) is 8.78 Å². The lowest BCUT2D eigenvalue weighted by Gasteiger charge is -2.15. The molecule has 0 aromatic heterocycles. The number of benzene rings is 2. The molecule has 1 heterocycles. The van der Waals surface area contributed by atoms with Gasteiger partial charge in [-0.1, -0.05) is 23.7 Å². The number of ether oxygens (including phenoxy) is 3. The van der Waals surface area contributed by atoms with Gasteiger partial charge in [0.05, 0.1) is 18.2 Å². The van der Waals surface area contributed by atoms with Crippen LogP contribution in [0.2, 0.25) is 5.02 Å². The Morgan fingerprint density at radius 3 is 2.69 bits per heavy atom. The SMILES string of the molecule is CN(Cc1ccc(OC(F)F)cc1)C(=O)/C=C/c1cc(Cl)c2c(c1)OCCCO2. The Hall–Kier alpha value is -2.80. The van der Waals surface area contributed by atoms with Gasteiger partial charge in [-0.15, -0.1) is 0 Å². The highest BCUT2D eigenvalue weighted by Crippen LogP contribution is 2.38. The van der Waals surface area contributed by atoms with Crippen molar-refractivity contribution in [2.24, 2.45) is 0 Å². The van der Waals surface area contributed by atoms with Crippen LogP contribution in [0.15, 0.2) is 42.5 Å². The van der Waals surface area contributed by atoms with Crippen molar-refractivity contribution in [1.82, 2.24) is 4.90 Å². The van der Waals surface area contributed by atoms with Gasteiger partial charge in [0, 0.05) is 26.1 Å². The molecular formula is C21H20ClF2NO4. The van der Waals surface area contributed by atoms with E-state index in [1.54, 1.807) is 37.4 Å².